The zero-order valence-electron chi connectivity index (χ0n) is 10.4. The summed E-state index contributed by atoms with van der Waals surface area (Å²) in [6, 6.07) is 0.231. The van der Waals surface area contributed by atoms with Crippen molar-refractivity contribution in [3.8, 4) is 0 Å². The molecule has 0 radical (unpaired) electrons. The molecule has 0 aromatic carbocycles. The molecule has 0 saturated carbocycles. The van der Waals surface area contributed by atoms with Gasteiger partial charge >= 0.3 is 5.69 Å². The van der Waals surface area contributed by atoms with Crippen LogP contribution in [0.4, 0.5) is 0 Å². The van der Waals surface area contributed by atoms with Gasteiger partial charge in [-0.15, -0.1) is 0 Å². The molecule has 0 N–H and O–H groups in total. The van der Waals surface area contributed by atoms with Gasteiger partial charge in [-0.1, -0.05) is 13.3 Å². The summed E-state index contributed by atoms with van der Waals surface area (Å²) in [5, 5.41) is 0. The number of hydrogen-bond acceptors (Lipinski definition) is 2. The lowest BCUT2D eigenvalue weighted by atomic mass is 10.1. The molecule has 0 aliphatic rings. The fourth-order valence-corrected chi connectivity index (χ4v) is 2.18. The molecule has 1 atom stereocenters. The number of hydrogen-bond donors (Lipinski definition) is 1. The van der Waals surface area contributed by atoms with Gasteiger partial charge in [-0.25, -0.2) is 4.79 Å². The maximum absolute atomic E-state index is 12.0. The molecular weight excluding hydrogens is 220 g/mol. The Balaban J connectivity index is 2.77. The van der Waals surface area contributed by atoms with Crippen molar-refractivity contribution >= 4 is 12.6 Å². The highest BCUT2D eigenvalue weighted by molar-refractivity contribution is 7.80. The van der Waals surface area contributed by atoms with Crippen molar-refractivity contribution < 1.29 is 0 Å². The molecule has 1 aromatic rings. The van der Waals surface area contributed by atoms with E-state index in [1.807, 2.05) is 26.2 Å². The Kier molecular flexibility index (Phi) is 5.19. The fourth-order valence-electron chi connectivity index (χ4n) is 1.89. The third-order valence-corrected chi connectivity index (χ3v) is 3.36. The van der Waals surface area contributed by atoms with Crippen LogP contribution in [0, 0.1) is 5.92 Å². The van der Waals surface area contributed by atoms with E-state index in [-0.39, 0.29) is 11.7 Å². The maximum Gasteiger partial charge on any atom is 0.328 e. The van der Waals surface area contributed by atoms with Gasteiger partial charge in [0.15, 0.2) is 0 Å². The Morgan fingerprint density at radius 2 is 2.06 bits per heavy atom. The van der Waals surface area contributed by atoms with Crippen LogP contribution in [0.15, 0.2) is 17.2 Å². The van der Waals surface area contributed by atoms with E-state index in [4.69, 9.17) is 0 Å². The topological polar surface area (TPSA) is 26.9 Å². The normalized spacial score (nSPS) is 13.3. The first-order chi connectivity index (χ1) is 7.60. The zero-order valence-corrected chi connectivity index (χ0v) is 11.3. The fraction of sp³-hybridized carbons (Fsp3) is 0.750. The summed E-state index contributed by atoms with van der Waals surface area (Å²) in [6.45, 7) is 7.00. The molecule has 0 aliphatic carbocycles. The van der Waals surface area contributed by atoms with Crippen molar-refractivity contribution in [3.05, 3.63) is 22.9 Å². The standard InChI is InChI=1S/C12H22N2OS/c1-4-5-11(9-16)8-13-6-7-14(10(2)3)12(13)15/h6-7,10-11,16H,4-5,8-9H2,1-3H3. The van der Waals surface area contributed by atoms with E-state index in [2.05, 4.69) is 19.6 Å². The molecule has 92 valence electrons. The van der Waals surface area contributed by atoms with Gasteiger partial charge in [0.2, 0.25) is 0 Å². The summed E-state index contributed by atoms with van der Waals surface area (Å²) in [5.74, 6) is 1.33. The van der Waals surface area contributed by atoms with Crippen molar-refractivity contribution in [1.82, 2.24) is 9.13 Å². The Hall–Kier alpha value is -0.640. The second-order valence-corrected chi connectivity index (χ2v) is 4.94. The van der Waals surface area contributed by atoms with Gasteiger partial charge in [-0.05, 0) is 31.9 Å². The van der Waals surface area contributed by atoms with Crippen LogP contribution in [0.1, 0.15) is 39.7 Å². The highest BCUT2D eigenvalue weighted by atomic mass is 32.1. The summed E-state index contributed by atoms with van der Waals surface area (Å²) in [5.41, 5.74) is 0.0953. The first-order valence-corrected chi connectivity index (χ1v) is 6.61. The molecule has 1 rings (SSSR count). The average Bonchev–Trinajstić information content (AvgIpc) is 2.60. The van der Waals surface area contributed by atoms with Crippen LogP contribution in [-0.2, 0) is 6.54 Å². The first kappa shape index (κ1) is 13.4. The molecular formula is C12H22N2OS. The largest absolute Gasteiger partial charge is 0.328 e. The Labute approximate surface area is 103 Å². The zero-order chi connectivity index (χ0) is 12.1. The number of rotatable bonds is 6. The van der Waals surface area contributed by atoms with E-state index in [9.17, 15) is 4.79 Å². The van der Waals surface area contributed by atoms with Crippen LogP contribution >= 0.6 is 12.6 Å². The van der Waals surface area contributed by atoms with Gasteiger partial charge in [0.05, 0.1) is 0 Å². The third-order valence-electron chi connectivity index (χ3n) is 2.84. The van der Waals surface area contributed by atoms with E-state index in [1.165, 1.54) is 0 Å². The van der Waals surface area contributed by atoms with E-state index >= 15 is 0 Å². The molecule has 0 saturated heterocycles. The molecule has 0 amide bonds. The third kappa shape index (κ3) is 3.17. The van der Waals surface area contributed by atoms with Crippen molar-refractivity contribution in [3.63, 3.8) is 0 Å². The molecule has 3 nitrogen and oxygen atoms in total. The SMILES string of the molecule is CCCC(CS)Cn1ccn(C(C)C)c1=O. The van der Waals surface area contributed by atoms with Crippen molar-refractivity contribution in [1.29, 1.82) is 0 Å². The number of thiol groups is 1. The highest BCUT2D eigenvalue weighted by Crippen LogP contribution is 2.10. The lowest BCUT2D eigenvalue weighted by molar-refractivity contribution is 0.437. The molecule has 1 aromatic heterocycles. The van der Waals surface area contributed by atoms with Crippen LogP contribution in [-0.4, -0.2) is 14.9 Å². The van der Waals surface area contributed by atoms with Crippen molar-refractivity contribution in [2.45, 2.75) is 46.2 Å². The minimum absolute atomic E-state index is 0.0953. The summed E-state index contributed by atoms with van der Waals surface area (Å²) in [6.07, 6.45) is 6.02. The molecule has 1 heterocycles. The predicted molar refractivity (Wildman–Crippen MR) is 71.3 cm³/mol. The molecule has 1 unspecified atom stereocenters. The smallest absolute Gasteiger partial charge is 0.299 e. The monoisotopic (exact) mass is 242 g/mol. The average molecular weight is 242 g/mol. The van der Waals surface area contributed by atoms with E-state index < -0.39 is 0 Å². The van der Waals surface area contributed by atoms with Crippen LogP contribution in [0.5, 0.6) is 0 Å². The van der Waals surface area contributed by atoms with E-state index in [1.54, 1.807) is 9.13 Å². The Morgan fingerprint density at radius 3 is 2.50 bits per heavy atom. The van der Waals surface area contributed by atoms with Crippen LogP contribution in [0.25, 0.3) is 0 Å². The lowest BCUT2D eigenvalue weighted by Gasteiger charge is -2.13. The van der Waals surface area contributed by atoms with Crippen LogP contribution in [0.3, 0.4) is 0 Å². The quantitative estimate of drug-likeness (QED) is 0.763. The van der Waals surface area contributed by atoms with E-state index in [0.717, 1.165) is 25.1 Å². The van der Waals surface area contributed by atoms with Gasteiger partial charge in [0.25, 0.3) is 0 Å². The van der Waals surface area contributed by atoms with Crippen molar-refractivity contribution in [2.75, 3.05) is 5.75 Å². The molecule has 0 spiro atoms. The summed E-state index contributed by atoms with van der Waals surface area (Å²) in [7, 11) is 0. The number of aromatic nitrogens is 2. The van der Waals surface area contributed by atoms with E-state index in [0.29, 0.717) is 5.92 Å². The minimum Gasteiger partial charge on any atom is -0.299 e. The Bertz CT molecular complexity index is 367. The van der Waals surface area contributed by atoms with Gasteiger partial charge in [0, 0.05) is 25.0 Å². The second-order valence-electron chi connectivity index (χ2n) is 4.57. The number of nitrogens with zero attached hydrogens (tertiary/aromatic N) is 2. The molecule has 0 aliphatic heterocycles. The lowest BCUT2D eigenvalue weighted by Crippen LogP contribution is -2.28. The van der Waals surface area contributed by atoms with Gasteiger partial charge < -0.3 is 0 Å². The predicted octanol–water partition coefficient (Wildman–Crippen LogP) is 2.58. The summed E-state index contributed by atoms with van der Waals surface area (Å²) < 4.78 is 3.57. The number of imidazole rings is 1. The summed E-state index contributed by atoms with van der Waals surface area (Å²) in [4.78, 5) is 12.0. The van der Waals surface area contributed by atoms with Gasteiger partial charge in [-0.2, -0.15) is 12.6 Å². The Morgan fingerprint density at radius 1 is 1.38 bits per heavy atom. The van der Waals surface area contributed by atoms with Crippen LogP contribution < -0.4 is 5.69 Å². The second kappa shape index (κ2) is 6.18. The van der Waals surface area contributed by atoms with Gasteiger partial charge in [0.1, 0.15) is 0 Å². The van der Waals surface area contributed by atoms with Crippen molar-refractivity contribution in [2.24, 2.45) is 5.92 Å². The van der Waals surface area contributed by atoms with Crippen LogP contribution in [0.2, 0.25) is 0 Å². The molecule has 0 fully saturated rings. The molecule has 4 heteroatoms. The summed E-state index contributed by atoms with van der Waals surface area (Å²) >= 11 is 4.34. The molecule has 16 heavy (non-hydrogen) atoms. The first-order valence-electron chi connectivity index (χ1n) is 5.98. The highest BCUT2D eigenvalue weighted by Gasteiger charge is 2.11. The van der Waals surface area contributed by atoms with Gasteiger partial charge in [-0.3, -0.25) is 9.13 Å². The minimum atomic E-state index is 0.0953. The molecule has 0 bridgehead atoms. The maximum atomic E-state index is 12.0.